The molecule has 1 N–H and O–H groups in total. The van der Waals surface area contributed by atoms with Gasteiger partial charge in [-0.05, 0) is 47.7 Å². The summed E-state index contributed by atoms with van der Waals surface area (Å²) in [5.41, 5.74) is 9.32. The number of para-hydroxylation sites is 1. The maximum Gasteiger partial charge on any atom is 0.0490 e. The fourth-order valence-electron chi connectivity index (χ4n) is 4.11. The number of nitrogens with zero attached hydrogens (tertiary/aromatic N) is 1. The van der Waals surface area contributed by atoms with E-state index in [4.69, 9.17) is 0 Å². The summed E-state index contributed by atoms with van der Waals surface area (Å²) in [5.74, 6) is 0. The molecule has 2 heterocycles. The predicted molar refractivity (Wildman–Crippen MR) is 110 cm³/mol. The average Bonchev–Trinajstić information content (AvgIpc) is 3.13. The summed E-state index contributed by atoms with van der Waals surface area (Å²) in [5, 5.41) is 1.30. The molecule has 0 unspecified atom stereocenters. The van der Waals surface area contributed by atoms with Crippen molar-refractivity contribution in [1.82, 2.24) is 4.98 Å². The Kier molecular flexibility index (Phi) is 3.56. The summed E-state index contributed by atoms with van der Waals surface area (Å²) >= 11 is 0. The van der Waals surface area contributed by atoms with Crippen molar-refractivity contribution in [3.63, 3.8) is 0 Å². The fourth-order valence-corrected chi connectivity index (χ4v) is 4.11. The van der Waals surface area contributed by atoms with Gasteiger partial charge in [-0.25, -0.2) is 0 Å². The zero-order chi connectivity index (χ0) is 17.5. The topological polar surface area (TPSA) is 19.0 Å². The van der Waals surface area contributed by atoms with Crippen LogP contribution in [0.25, 0.3) is 22.0 Å². The zero-order valence-corrected chi connectivity index (χ0v) is 15.0. The van der Waals surface area contributed by atoms with Crippen LogP contribution in [0, 0.1) is 6.92 Å². The Morgan fingerprint density at radius 2 is 1.65 bits per heavy atom. The minimum Gasteiger partial charge on any atom is -0.367 e. The van der Waals surface area contributed by atoms with E-state index in [1.807, 2.05) is 0 Å². The summed E-state index contributed by atoms with van der Waals surface area (Å²) in [6.45, 7) is 4.24. The molecule has 1 aliphatic heterocycles. The first-order valence-corrected chi connectivity index (χ1v) is 9.28. The standard InChI is InChI=1S/C24H22N2/c1-17-5-4-8-22-23(15-25-24(17)22)19-9-11-21(12-10-19)26-14-13-18-6-2-3-7-20(18)16-26/h2-12,15,25H,13-14,16H2,1H3. The maximum atomic E-state index is 3.43. The van der Waals surface area contributed by atoms with E-state index in [1.165, 1.54) is 44.4 Å². The maximum absolute atomic E-state index is 3.43. The third-order valence-corrected chi connectivity index (χ3v) is 5.60. The molecule has 0 saturated carbocycles. The SMILES string of the molecule is Cc1cccc2c(-c3ccc(N4CCc5ccccc5C4)cc3)c[nH]c12. The highest BCUT2D eigenvalue weighted by Gasteiger charge is 2.16. The van der Waals surface area contributed by atoms with Crippen LogP contribution in [0.15, 0.2) is 72.9 Å². The number of H-pyrrole nitrogens is 1. The van der Waals surface area contributed by atoms with Crippen molar-refractivity contribution >= 4 is 16.6 Å². The van der Waals surface area contributed by atoms with Gasteiger partial charge in [-0.3, -0.25) is 0 Å². The van der Waals surface area contributed by atoms with E-state index in [2.05, 4.69) is 89.7 Å². The first-order valence-electron chi connectivity index (χ1n) is 9.28. The molecule has 2 heteroatoms. The number of benzene rings is 3. The molecule has 0 atom stereocenters. The lowest BCUT2D eigenvalue weighted by atomic mass is 9.99. The minimum absolute atomic E-state index is 1.00. The number of aryl methyl sites for hydroxylation is 1. The lowest BCUT2D eigenvalue weighted by Gasteiger charge is -2.30. The molecule has 0 aliphatic carbocycles. The van der Waals surface area contributed by atoms with Gasteiger partial charge in [-0.15, -0.1) is 0 Å². The largest absolute Gasteiger partial charge is 0.367 e. The van der Waals surface area contributed by atoms with Crippen molar-refractivity contribution in [2.45, 2.75) is 19.9 Å². The van der Waals surface area contributed by atoms with Crippen LogP contribution in [0.3, 0.4) is 0 Å². The van der Waals surface area contributed by atoms with Crippen LogP contribution in [0.4, 0.5) is 5.69 Å². The number of anilines is 1. The molecule has 0 radical (unpaired) electrons. The monoisotopic (exact) mass is 338 g/mol. The van der Waals surface area contributed by atoms with Crippen molar-refractivity contribution in [2.24, 2.45) is 0 Å². The van der Waals surface area contributed by atoms with Gasteiger partial charge in [0.1, 0.15) is 0 Å². The van der Waals surface area contributed by atoms with Gasteiger partial charge in [0.05, 0.1) is 0 Å². The Bertz CT molecular complexity index is 1070. The molecular formula is C24H22N2. The summed E-state index contributed by atoms with van der Waals surface area (Å²) in [4.78, 5) is 5.91. The number of rotatable bonds is 2. The highest BCUT2D eigenvalue weighted by atomic mass is 15.1. The Balaban J connectivity index is 1.45. The highest BCUT2D eigenvalue weighted by Crippen LogP contribution is 2.32. The van der Waals surface area contributed by atoms with E-state index >= 15 is 0 Å². The second kappa shape index (κ2) is 6.06. The lowest BCUT2D eigenvalue weighted by molar-refractivity contribution is 0.732. The van der Waals surface area contributed by atoms with E-state index in [0.29, 0.717) is 0 Å². The normalized spacial score (nSPS) is 13.8. The summed E-state index contributed by atoms with van der Waals surface area (Å²) in [6.07, 6.45) is 3.25. The molecule has 0 fully saturated rings. The predicted octanol–water partition coefficient (Wildman–Crippen LogP) is 5.71. The molecule has 4 aromatic rings. The van der Waals surface area contributed by atoms with Crippen molar-refractivity contribution < 1.29 is 0 Å². The van der Waals surface area contributed by atoms with Crippen molar-refractivity contribution in [2.75, 3.05) is 11.4 Å². The molecule has 26 heavy (non-hydrogen) atoms. The third kappa shape index (κ3) is 2.50. The van der Waals surface area contributed by atoms with E-state index in [1.54, 1.807) is 0 Å². The molecule has 0 spiro atoms. The minimum atomic E-state index is 1.00. The van der Waals surface area contributed by atoms with Gasteiger partial charge >= 0.3 is 0 Å². The van der Waals surface area contributed by atoms with E-state index in [9.17, 15) is 0 Å². The molecule has 128 valence electrons. The van der Waals surface area contributed by atoms with Crippen LogP contribution in [-0.4, -0.2) is 11.5 Å². The van der Waals surface area contributed by atoms with E-state index in [-0.39, 0.29) is 0 Å². The number of aromatic amines is 1. The number of hydrogen-bond donors (Lipinski definition) is 1. The molecule has 1 aromatic heterocycles. The zero-order valence-electron chi connectivity index (χ0n) is 15.0. The van der Waals surface area contributed by atoms with Crippen LogP contribution in [-0.2, 0) is 13.0 Å². The molecular weight excluding hydrogens is 316 g/mol. The van der Waals surface area contributed by atoms with Crippen LogP contribution in [0.1, 0.15) is 16.7 Å². The van der Waals surface area contributed by atoms with Gasteiger partial charge in [-0.2, -0.15) is 0 Å². The fraction of sp³-hybridized carbons (Fsp3) is 0.167. The van der Waals surface area contributed by atoms with Crippen molar-refractivity contribution in [3.8, 4) is 11.1 Å². The molecule has 3 aromatic carbocycles. The van der Waals surface area contributed by atoms with Gasteiger partial charge in [-0.1, -0.05) is 54.6 Å². The lowest BCUT2D eigenvalue weighted by Crippen LogP contribution is -2.30. The molecule has 0 saturated heterocycles. The Morgan fingerprint density at radius 1 is 0.846 bits per heavy atom. The van der Waals surface area contributed by atoms with Crippen LogP contribution < -0.4 is 4.90 Å². The number of hydrogen-bond acceptors (Lipinski definition) is 1. The summed E-state index contributed by atoms with van der Waals surface area (Å²) in [7, 11) is 0. The molecule has 5 rings (SSSR count). The first-order chi connectivity index (χ1) is 12.8. The Hall–Kier alpha value is -3.00. The smallest absolute Gasteiger partial charge is 0.0490 e. The molecule has 1 aliphatic rings. The number of fused-ring (bicyclic) bond motifs is 2. The second-order valence-corrected chi connectivity index (χ2v) is 7.19. The van der Waals surface area contributed by atoms with Gasteiger partial charge in [0.25, 0.3) is 0 Å². The van der Waals surface area contributed by atoms with Gasteiger partial charge in [0.15, 0.2) is 0 Å². The second-order valence-electron chi connectivity index (χ2n) is 7.19. The number of nitrogens with one attached hydrogen (secondary N) is 1. The molecule has 0 amide bonds. The Labute approximate surface area is 154 Å². The van der Waals surface area contributed by atoms with Gasteiger partial charge < -0.3 is 9.88 Å². The van der Waals surface area contributed by atoms with E-state index < -0.39 is 0 Å². The van der Waals surface area contributed by atoms with Gasteiger partial charge in [0.2, 0.25) is 0 Å². The van der Waals surface area contributed by atoms with Crippen molar-refractivity contribution in [1.29, 1.82) is 0 Å². The average molecular weight is 338 g/mol. The van der Waals surface area contributed by atoms with Crippen LogP contribution in [0.5, 0.6) is 0 Å². The van der Waals surface area contributed by atoms with Crippen LogP contribution in [0.2, 0.25) is 0 Å². The van der Waals surface area contributed by atoms with Crippen LogP contribution >= 0.6 is 0 Å². The molecule has 0 bridgehead atoms. The van der Waals surface area contributed by atoms with Crippen molar-refractivity contribution in [3.05, 3.63) is 89.6 Å². The highest BCUT2D eigenvalue weighted by molar-refractivity contribution is 5.97. The van der Waals surface area contributed by atoms with Gasteiger partial charge in [0, 0.05) is 41.4 Å². The summed E-state index contributed by atoms with van der Waals surface area (Å²) < 4.78 is 0. The Morgan fingerprint density at radius 3 is 2.50 bits per heavy atom. The summed E-state index contributed by atoms with van der Waals surface area (Å²) in [6, 6.07) is 24.3. The molecule has 2 nitrogen and oxygen atoms in total. The quantitative estimate of drug-likeness (QED) is 0.496. The third-order valence-electron chi connectivity index (χ3n) is 5.60. The first kappa shape index (κ1) is 15.3. The number of aromatic nitrogens is 1. The van der Waals surface area contributed by atoms with E-state index in [0.717, 1.165) is 19.5 Å².